The van der Waals surface area contributed by atoms with Gasteiger partial charge in [0.05, 0.1) is 0 Å². The van der Waals surface area contributed by atoms with Gasteiger partial charge in [0.15, 0.2) is 0 Å². The van der Waals surface area contributed by atoms with Gasteiger partial charge >= 0.3 is 0 Å². The zero-order chi connectivity index (χ0) is 7.40. The molecule has 0 unspecified atom stereocenters. The van der Waals surface area contributed by atoms with E-state index in [1.165, 1.54) is 6.42 Å². The van der Waals surface area contributed by atoms with Gasteiger partial charge in [0.25, 0.3) is 0 Å². The molecule has 3 nitrogen and oxygen atoms in total. The first-order valence-electron chi connectivity index (χ1n) is 3.62. The molecule has 0 radical (unpaired) electrons. The molecule has 56 valence electrons. The van der Waals surface area contributed by atoms with Crippen molar-refractivity contribution in [3.63, 3.8) is 0 Å². The number of nitrogens with two attached hydrogens (primary N) is 1. The molecule has 0 aliphatic carbocycles. The maximum atomic E-state index is 5.54. The monoisotopic (exact) mass is 139 g/mol. The van der Waals surface area contributed by atoms with Crippen molar-refractivity contribution in [3.05, 3.63) is 18.2 Å². The summed E-state index contributed by atoms with van der Waals surface area (Å²) in [5.74, 6) is 6.51. The molecule has 0 atom stereocenters. The Morgan fingerprint density at radius 1 is 1.70 bits per heavy atom. The fourth-order valence-corrected chi connectivity index (χ4v) is 0.872. The molecule has 0 amide bonds. The molecular formula is C7H13N3. The second-order valence-electron chi connectivity index (χ2n) is 2.35. The van der Waals surface area contributed by atoms with Crippen molar-refractivity contribution in [1.82, 2.24) is 9.66 Å². The predicted molar refractivity (Wildman–Crippen MR) is 41.0 cm³/mol. The molecule has 0 spiro atoms. The van der Waals surface area contributed by atoms with E-state index < -0.39 is 0 Å². The van der Waals surface area contributed by atoms with E-state index in [1.807, 2.05) is 0 Å². The van der Waals surface area contributed by atoms with Crippen molar-refractivity contribution in [2.45, 2.75) is 26.2 Å². The van der Waals surface area contributed by atoms with Crippen molar-refractivity contribution in [1.29, 1.82) is 0 Å². The Balaban J connectivity index is 2.49. The molecule has 1 aromatic heterocycles. The Hall–Kier alpha value is -0.990. The fourth-order valence-electron chi connectivity index (χ4n) is 0.872. The lowest BCUT2D eigenvalue weighted by atomic mass is 10.2. The van der Waals surface area contributed by atoms with E-state index in [-0.39, 0.29) is 0 Å². The number of nitrogens with zero attached hydrogens (tertiary/aromatic N) is 2. The van der Waals surface area contributed by atoms with E-state index in [4.69, 9.17) is 5.84 Å². The minimum atomic E-state index is 0.974. The topological polar surface area (TPSA) is 43.8 Å². The van der Waals surface area contributed by atoms with Crippen LogP contribution in [0.3, 0.4) is 0 Å². The molecular weight excluding hydrogens is 126 g/mol. The first-order valence-corrected chi connectivity index (χ1v) is 3.62. The minimum absolute atomic E-state index is 0.974. The van der Waals surface area contributed by atoms with E-state index >= 15 is 0 Å². The number of imidazole rings is 1. The summed E-state index contributed by atoms with van der Waals surface area (Å²) in [5, 5.41) is 0. The fraction of sp³-hybridized carbons (Fsp3) is 0.571. The Morgan fingerprint density at radius 2 is 2.50 bits per heavy atom. The number of aryl methyl sites for hydroxylation is 1. The normalized spacial score (nSPS) is 10.1. The summed E-state index contributed by atoms with van der Waals surface area (Å²) in [6.07, 6.45) is 6.83. The first-order chi connectivity index (χ1) is 4.84. The van der Waals surface area contributed by atoms with Gasteiger partial charge in [0.1, 0.15) is 5.82 Å². The Labute approximate surface area is 60.8 Å². The second-order valence-corrected chi connectivity index (χ2v) is 2.35. The number of rotatable bonds is 3. The molecule has 0 saturated heterocycles. The zero-order valence-electron chi connectivity index (χ0n) is 6.25. The van der Waals surface area contributed by atoms with Crippen LogP contribution in [0.2, 0.25) is 0 Å². The van der Waals surface area contributed by atoms with E-state index in [1.54, 1.807) is 17.1 Å². The Bertz CT molecular complexity index is 192. The third kappa shape index (κ3) is 1.50. The van der Waals surface area contributed by atoms with Crippen LogP contribution in [0.15, 0.2) is 12.4 Å². The van der Waals surface area contributed by atoms with E-state index in [2.05, 4.69) is 11.9 Å². The molecule has 3 heteroatoms. The largest absolute Gasteiger partial charge is 0.338 e. The maximum absolute atomic E-state index is 5.54. The van der Waals surface area contributed by atoms with Gasteiger partial charge in [0.2, 0.25) is 0 Å². The Kier molecular flexibility index (Phi) is 2.31. The molecule has 1 rings (SSSR count). The maximum Gasteiger partial charge on any atom is 0.127 e. The highest BCUT2D eigenvalue weighted by atomic mass is 15.3. The molecule has 2 N–H and O–H groups in total. The average Bonchev–Trinajstić information content (AvgIpc) is 2.31. The number of aromatic nitrogens is 2. The minimum Gasteiger partial charge on any atom is -0.338 e. The molecule has 0 bridgehead atoms. The highest BCUT2D eigenvalue weighted by Gasteiger charge is 1.96. The molecule has 0 fully saturated rings. The first kappa shape index (κ1) is 7.12. The molecule has 0 aromatic carbocycles. The van der Waals surface area contributed by atoms with Gasteiger partial charge in [-0.25, -0.2) is 4.98 Å². The third-order valence-corrected chi connectivity index (χ3v) is 1.50. The molecule has 1 aromatic rings. The predicted octanol–water partition coefficient (Wildman–Crippen LogP) is 0.940. The van der Waals surface area contributed by atoms with Gasteiger partial charge in [0, 0.05) is 18.8 Å². The summed E-state index contributed by atoms with van der Waals surface area (Å²) in [4.78, 5) is 4.09. The molecule has 0 aliphatic rings. The van der Waals surface area contributed by atoms with Crippen molar-refractivity contribution in [2.24, 2.45) is 0 Å². The number of hydrogen-bond acceptors (Lipinski definition) is 2. The summed E-state index contributed by atoms with van der Waals surface area (Å²) in [6, 6.07) is 0. The van der Waals surface area contributed by atoms with Crippen LogP contribution in [0, 0.1) is 0 Å². The van der Waals surface area contributed by atoms with Crippen molar-refractivity contribution in [3.8, 4) is 0 Å². The van der Waals surface area contributed by atoms with Gasteiger partial charge in [-0.05, 0) is 6.42 Å². The number of nitrogen functional groups attached to an aromatic ring is 1. The van der Waals surface area contributed by atoms with Gasteiger partial charge in [-0.2, -0.15) is 0 Å². The lowest BCUT2D eigenvalue weighted by Crippen LogP contribution is -2.11. The van der Waals surface area contributed by atoms with Crippen LogP contribution in [0.1, 0.15) is 25.6 Å². The van der Waals surface area contributed by atoms with E-state index in [9.17, 15) is 0 Å². The smallest absolute Gasteiger partial charge is 0.127 e. The van der Waals surface area contributed by atoms with Crippen LogP contribution >= 0.6 is 0 Å². The van der Waals surface area contributed by atoms with Crippen LogP contribution in [0.4, 0.5) is 0 Å². The third-order valence-electron chi connectivity index (χ3n) is 1.50. The number of unbranched alkanes of at least 4 members (excludes halogenated alkanes) is 1. The standard InChI is InChI=1S/C7H13N3/c1-2-3-4-7-9-5-6-10(7)8/h5-6H,2-4,8H2,1H3. The SMILES string of the molecule is CCCCc1nccn1N. The lowest BCUT2D eigenvalue weighted by molar-refractivity contribution is 0.729. The summed E-state index contributed by atoms with van der Waals surface area (Å²) in [7, 11) is 0. The zero-order valence-corrected chi connectivity index (χ0v) is 6.25. The van der Waals surface area contributed by atoms with Crippen LogP contribution < -0.4 is 5.84 Å². The lowest BCUT2D eigenvalue weighted by Gasteiger charge is -1.97. The summed E-state index contributed by atoms with van der Waals surface area (Å²) in [6.45, 7) is 2.16. The van der Waals surface area contributed by atoms with E-state index in [0.29, 0.717) is 0 Å². The quantitative estimate of drug-likeness (QED) is 0.633. The second kappa shape index (κ2) is 3.25. The van der Waals surface area contributed by atoms with Gasteiger partial charge in [-0.3, -0.25) is 4.68 Å². The van der Waals surface area contributed by atoms with Crippen LogP contribution in [-0.2, 0) is 6.42 Å². The van der Waals surface area contributed by atoms with Crippen molar-refractivity contribution < 1.29 is 0 Å². The van der Waals surface area contributed by atoms with Gasteiger partial charge in [-0.1, -0.05) is 13.3 Å². The molecule has 0 aliphatic heterocycles. The van der Waals surface area contributed by atoms with Crippen molar-refractivity contribution >= 4 is 0 Å². The van der Waals surface area contributed by atoms with Crippen LogP contribution in [0.5, 0.6) is 0 Å². The molecule has 0 saturated carbocycles. The summed E-state index contributed by atoms with van der Waals surface area (Å²) in [5.41, 5.74) is 0. The highest BCUT2D eigenvalue weighted by Crippen LogP contribution is 1.98. The van der Waals surface area contributed by atoms with Crippen molar-refractivity contribution in [2.75, 3.05) is 5.84 Å². The average molecular weight is 139 g/mol. The molecule has 1 heterocycles. The van der Waals surface area contributed by atoms with Crippen LogP contribution in [-0.4, -0.2) is 9.66 Å². The molecule has 10 heavy (non-hydrogen) atoms. The Morgan fingerprint density at radius 3 is 3.00 bits per heavy atom. The summed E-state index contributed by atoms with van der Waals surface area (Å²) < 4.78 is 1.58. The van der Waals surface area contributed by atoms with Gasteiger partial charge in [-0.15, -0.1) is 0 Å². The van der Waals surface area contributed by atoms with E-state index in [0.717, 1.165) is 18.7 Å². The summed E-state index contributed by atoms with van der Waals surface area (Å²) >= 11 is 0. The highest BCUT2D eigenvalue weighted by molar-refractivity contribution is 4.91. The van der Waals surface area contributed by atoms with Gasteiger partial charge < -0.3 is 5.84 Å². The van der Waals surface area contributed by atoms with Crippen LogP contribution in [0.25, 0.3) is 0 Å². The number of hydrogen-bond donors (Lipinski definition) is 1.